The molecule has 1 aromatic carbocycles. The second-order valence-corrected chi connectivity index (χ2v) is 4.16. The van der Waals surface area contributed by atoms with E-state index in [0.717, 1.165) is 5.02 Å². The summed E-state index contributed by atoms with van der Waals surface area (Å²) in [4.78, 5) is 0. The third-order valence-corrected chi connectivity index (χ3v) is 2.95. The highest BCUT2D eigenvalue weighted by molar-refractivity contribution is 6.30. The minimum absolute atomic E-state index is 0.768. The molecule has 3 rings (SSSR count). The summed E-state index contributed by atoms with van der Waals surface area (Å²) in [5.74, 6) is 0. The zero-order valence-corrected chi connectivity index (χ0v) is 9.35. The molecule has 0 N–H and O–H groups in total. The number of nitrogens with zero attached hydrogens (tertiary/aromatic N) is 1. The Morgan fingerprint density at radius 3 is 2.44 bits per heavy atom. The van der Waals surface area contributed by atoms with Crippen molar-refractivity contribution in [2.75, 3.05) is 0 Å². The summed E-state index contributed by atoms with van der Waals surface area (Å²) >= 11 is 5.88. The molecule has 0 aliphatic carbocycles. The number of halogens is 1. The minimum Gasteiger partial charge on any atom is -0.317 e. The number of aromatic nitrogens is 1. The van der Waals surface area contributed by atoms with Crippen LogP contribution in [0.15, 0.2) is 60.8 Å². The Morgan fingerprint density at radius 1 is 0.812 bits per heavy atom. The lowest BCUT2D eigenvalue weighted by Crippen LogP contribution is -1.86. The fraction of sp³-hybridized carbons (Fsp3) is 0. The van der Waals surface area contributed by atoms with Crippen LogP contribution in [0, 0.1) is 0 Å². The molecule has 2 heteroatoms. The van der Waals surface area contributed by atoms with Crippen molar-refractivity contribution in [2.45, 2.75) is 0 Å². The van der Waals surface area contributed by atoms with Gasteiger partial charge in [-0.1, -0.05) is 29.8 Å². The molecule has 0 atom stereocenters. The first-order chi connectivity index (χ1) is 7.84. The maximum atomic E-state index is 5.88. The lowest BCUT2D eigenvalue weighted by Gasteiger charge is -2.02. The van der Waals surface area contributed by atoms with Gasteiger partial charge in [-0.25, -0.2) is 0 Å². The maximum absolute atomic E-state index is 5.88. The third-order valence-electron chi connectivity index (χ3n) is 2.70. The first-order valence-electron chi connectivity index (χ1n) is 5.17. The topological polar surface area (TPSA) is 4.41 Å². The maximum Gasteiger partial charge on any atom is 0.0528 e. The van der Waals surface area contributed by atoms with Gasteiger partial charge in [0.15, 0.2) is 0 Å². The number of benzene rings is 1. The molecular weight excluding hydrogens is 218 g/mol. The van der Waals surface area contributed by atoms with Crippen molar-refractivity contribution in [2.24, 2.45) is 0 Å². The normalized spacial score (nSPS) is 10.8. The van der Waals surface area contributed by atoms with Crippen LogP contribution in [-0.2, 0) is 0 Å². The van der Waals surface area contributed by atoms with Crippen LogP contribution in [0.4, 0.5) is 0 Å². The molecule has 0 aliphatic rings. The number of rotatable bonds is 1. The summed E-state index contributed by atoms with van der Waals surface area (Å²) in [6.45, 7) is 0. The molecule has 16 heavy (non-hydrogen) atoms. The average molecular weight is 228 g/mol. The van der Waals surface area contributed by atoms with Crippen LogP contribution in [0.3, 0.4) is 0 Å². The molecule has 0 spiro atoms. The van der Waals surface area contributed by atoms with Crippen molar-refractivity contribution in [3.8, 4) is 11.3 Å². The molecule has 2 heterocycles. The Hall–Kier alpha value is -1.73. The zero-order valence-electron chi connectivity index (χ0n) is 8.60. The Kier molecular flexibility index (Phi) is 2.19. The molecule has 0 saturated heterocycles. The van der Waals surface area contributed by atoms with Gasteiger partial charge in [-0.15, -0.1) is 0 Å². The molecule has 78 valence electrons. The van der Waals surface area contributed by atoms with E-state index < -0.39 is 0 Å². The summed E-state index contributed by atoms with van der Waals surface area (Å²) in [5.41, 5.74) is 3.57. The van der Waals surface area contributed by atoms with E-state index in [1.165, 1.54) is 16.8 Å². The first-order valence-corrected chi connectivity index (χ1v) is 5.54. The Bertz CT molecular complexity index is 623. The predicted molar refractivity (Wildman–Crippen MR) is 67.8 cm³/mol. The van der Waals surface area contributed by atoms with Gasteiger partial charge in [-0.3, -0.25) is 0 Å². The van der Waals surface area contributed by atoms with Crippen LogP contribution in [0.1, 0.15) is 0 Å². The van der Waals surface area contributed by atoms with Crippen LogP contribution >= 0.6 is 11.6 Å². The van der Waals surface area contributed by atoms with E-state index in [-0.39, 0.29) is 0 Å². The minimum atomic E-state index is 0.768. The van der Waals surface area contributed by atoms with Crippen molar-refractivity contribution in [3.63, 3.8) is 0 Å². The number of fused-ring (bicyclic) bond motifs is 1. The fourth-order valence-electron chi connectivity index (χ4n) is 1.91. The smallest absolute Gasteiger partial charge is 0.0528 e. The average Bonchev–Trinajstić information content (AvgIpc) is 2.74. The van der Waals surface area contributed by atoms with E-state index in [0.29, 0.717) is 0 Å². The number of hydrogen-bond donors (Lipinski definition) is 0. The summed E-state index contributed by atoms with van der Waals surface area (Å²) in [6, 6.07) is 18.3. The standard InChI is InChI=1S/C14H10ClN/c15-12-6-4-11(5-7-12)14-9-8-13-3-1-2-10-16(13)14/h1-10H. The molecule has 0 saturated carbocycles. The van der Waals surface area contributed by atoms with Crippen molar-refractivity contribution < 1.29 is 0 Å². The number of hydrogen-bond acceptors (Lipinski definition) is 0. The van der Waals surface area contributed by atoms with E-state index in [1.54, 1.807) is 0 Å². The monoisotopic (exact) mass is 227 g/mol. The molecule has 0 amide bonds. The highest BCUT2D eigenvalue weighted by Crippen LogP contribution is 2.23. The molecule has 0 radical (unpaired) electrons. The predicted octanol–water partition coefficient (Wildman–Crippen LogP) is 4.26. The van der Waals surface area contributed by atoms with Crippen molar-refractivity contribution in [3.05, 3.63) is 65.8 Å². The summed E-state index contributed by atoms with van der Waals surface area (Å²) in [5, 5.41) is 0.768. The van der Waals surface area contributed by atoms with E-state index in [4.69, 9.17) is 11.6 Å². The SMILES string of the molecule is Clc1ccc(-c2ccc3ccccn23)cc1. The molecule has 2 aromatic heterocycles. The molecule has 3 aromatic rings. The third kappa shape index (κ3) is 1.50. The first kappa shape index (κ1) is 9.49. The fourth-order valence-corrected chi connectivity index (χ4v) is 2.04. The van der Waals surface area contributed by atoms with Gasteiger partial charge in [-0.2, -0.15) is 0 Å². The summed E-state index contributed by atoms with van der Waals surface area (Å²) in [7, 11) is 0. The molecule has 0 bridgehead atoms. The van der Waals surface area contributed by atoms with Crippen LogP contribution in [-0.4, -0.2) is 4.40 Å². The Balaban J connectivity index is 2.22. The summed E-state index contributed by atoms with van der Waals surface area (Å²) in [6.07, 6.45) is 2.07. The molecule has 0 unspecified atom stereocenters. The van der Waals surface area contributed by atoms with E-state index in [9.17, 15) is 0 Å². The highest BCUT2D eigenvalue weighted by Gasteiger charge is 2.02. The molecule has 0 aliphatic heterocycles. The van der Waals surface area contributed by atoms with Gasteiger partial charge in [0.05, 0.1) is 5.69 Å². The molecular formula is C14H10ClN. The zero-order chi connectivity index (χ0) is 11.0. The van der Waals surface area contributed by atoms with E-state index in [1.807, 2.05) is 36.4 Å². The second kappa shape index (κ2) is 3.69. The van der Waals surface area contributed by atoms with Gasteiger partial charge < -0.3 is 4.40 Å². The quantitative estimate of drug-likeness (QED) is 0.585. The van der Waals surface area contributed by atoms with E-state index in [2.05, 4.69) is 28.8 Å². The highest BCUT2D eigenvalue weighted by atomic mass is 35.5. The lowest BCUT2D eigenvalue weighted by atomic mass is 10.1. The Labute approximate surface area is 98.9 Å². The van der Waals surface area contributed by atoms with Crippen LogP contribution in [0.25, 0.3) is 16.8 Å². The van der Waals surface area contributed by atoms with Crippen molar-refractivity contribution in [1.82, 2.24) is 4.40 Å². The number of pyridine rings is 1. The lowest BCUT2D eigenvalue weighted by molar-refractivity contribution is 1.20. The van der Waals surface area contributed by atoms with Gasteiger partial charge in [0.25, 0.3) is 0 Å². The van der Waals surface area contributed by atoms with Gasteiger partial charge in [0.2, 0.25) is 0 Å². The van der Waals surface area contributed by atoms with Gasteiger partial charge in [0, 0.05) is 16.7 Å². The van der Waals surface area contributed by atoms with Crippen molar-refractivity contribution in [1.29, 1.82) is 0 Å². The van der Waals surface area contributed by atoms with Gasteiger partial charge >= 0.3 is 0 Å². The van der Waals surface area contributed by atoms with Crippen LogP contribution in [0.5, 0.6) is 0 Å². The van der Waals surface area contributed by atoms with Crippen LogP contribution in [0.2, 0.25) is 5.02 Å². The molecule has 1 nitrogen and oxygen atoms in total. The van der Waals surface area contributed by atoms with Crippen LogP contribution < -0.4 is 0 Å². The molecule has 0 fully saturated rings. The van der Waals surface area contributed by atoms with E-state index >= 15 is 0 Å². The summed E-state index contributed by atoms with van der Waals surface area (Å²) < 4.78 is 2.17. The van der Waals surface area contributed by atoms with Crippen molar-refractivity contribution >= 4 is 17.1 Å². The largest absolute Gasteiger partial charge is 0.317 e. The Morgan fingerprint density at radius 2 is 1.62 bits per heavy atom. The van der Waals surface area contributed by atoms with Gasteiger partial charge in [0.1, 0.15) is 0 Å². The second-order valence-electron chi connectivity index (χ2n) is 3.72. The van der Waals surface area contributed by atoms with Gasteiger partial charge in [-0.05, 0) is 42.0 Å².